The minimum atomic E-state index is 0.865. The summed E-state index contributed by atoms with van der Waals surface area (Å²) < 4.78 is 0. The highest BCUT2D eigenvalue weighted by atomic mass is 35.5. The predicted molar refractivity (Wildman–Crippen MR) is 55.2 cm³/mol. The molecule has 0 radical (unpaired) electrons. The van der Waals surface area contributed by atoms with E-state index >= 15 is 0 Å². The van der Waals surface area contributed by atoms with E-state index in [1.165, 1.54) is 5.56 Å². The van der Waals surface area contributed by atoms with Gasteiger partial charge in [0.1, 0.15) is 0 Å². The van der Waals surface area contributed by atoms with Crippen molar-refractivity contribution in [2.75, 3.05) is 19.0 Å². The average molecular weight is 184 g/mol. The molecule has 0 spiro atoms. The third-order valence-electron chi connectivity index (χ3n) is 1.93. The summed E-state index contributed by atoms with van der Waals surface area (Å²) in [5, 5.41) is 0.865. The van der Waals surface area contributed by atoms with E-state index in [9.17, 15) is 0 Å². The number of hydrogen-bond acceptors (Lipinski definition) is 1. The van der Waals surface area contributed by atoms with Crippen molar-refractivity contribution in [3.05, 3.63) is 28.8 Å². The molecule has 0 aliphatic carbocycles. The molecule has 0 saturated carbocycles. The fraction of sp³-hybridized carbons (Fsp3) is 0.400. The molecular weight excluding hydrogens is 170 g/mol. The Labute approximate surface area is 79.0 Å². The maximum atomic E-state index is 6.05. The Hall–Kier alpha value is -0.690. The Morgan fingerprint density at radius 1 is 1.33 bits per heavy atom. The van der Waals surface area contributed by atoms with Crippen LogP contribution in [0.1, 0.15) is 12.5 Å². The zero-order valence-electron chi connectivity index (χ0n) is 7.76. The highest BCUT2D eigenvalue weighted by Crippen LogP contribution is 2.22. The normalized spacial score (nSPS) is 10.0. The lowest BCUT2D eigenvalue weighted by Crippen LogP contribution is -2.08. The quantitative estimate of drug-likeness (QED) is 0.682. The number of aryl methyl sites for hydroxylation is 1. The molecular formula is C10H14ClN. The van der Waals surface area contributed by atoms with Gasteiger partial charge >= 0.3 is 0 Å². The van der Waals surface area contributed by atoms with Crippen LogP contribution in [0.25, 0.3) is 0 Å². The van der Waals surface area contributed by atoms with Crippen LogP contribution in [0, 0.1) is 0 Å². The average Bonchev–Trinajstić information content (AvgIpc) is 2.04. The van der Waals surface area contributed by atoms with Gasteiger partial charge in [0.25, 0.3) is 0 Å². The molecule has 0 saturated heterocycles. The van der Waals surface area contributed by atoms with Crippen LogP contribution >= 0.6 is 11.6 Å². The highest BCUT2D eigenvalue weighted by Gasteiger charge is 2.00. The van der Waals surface area contributed by atoms with Gasteiger partial charge in [0.2, 0.25) is 0 Å². The molecule has 1 aromatic carbocycles. The second-order valence-corrected chi connectivity index (χ2v) is 3.43. The first-order valence-electron chi connectivity index (χ1n) is 4.11. The lowest BCUT2D eigenvalue weighted by atomic mass is 10.1. The number of benzene rings is 1. The number of nitrogens with zero attached hydrogens (tertiary/aromatic N) is 1. The standard InChI is InChI=1S/C10H14ClN/c1-4-8-5-6-9(12(2)3)7-10(8)11/h5-7H,4H2,1-3H3. The van der Waals surface area contributed by atoms with Crippen LogP contribution in [-0.2, 0) is 6.42 Å². The van der Waals surface area contributed by atoms with Crippen molar-refractivity contribution in [2.45, 2.75) is 13.3 Å². The zero-order valence-corrected chi connectivity index (χ0v) is 8.52. The van der Waals surface area contributed by atoms with E-state index in [0.29, 0.717) is 0 Å². The first-order chi connectivity index (χ1) is 5.65. The van der Waals surface area contributed by atoms with Crippen LogP contribution in [0.5, 0.6) is 0 Å². The van der Waals surface area contributed by atoms with Crippen LogP contribution in [0.2, 0.25) is 5.02 Å². The van der Waals surface area contributed by atoms with Gasteiger partial charge in [-0.2, -0.15) is 0 Å². The number of anilines is 1. The second-order valence-electron chi connectivity index (χ2n) is 3.02. The number of halogens is 1. The van der Waals surface area contributed by atoms with Gasteiger partial charge in [-0.05, 0) is 24.1 Å². The van der Waals surface area contributed by atoms with Crippen LogP contribution in [0.15, 0.2) is 18.2 Å². The van der Waals surface area contributed by atoms with Gasteiger partial charge in [-0.15, -0.1) is 0 Å². The molecule has 1 rings (SSSR count). The summed E-state index contributed by atoms with van der Waals surface area (Å²) in [6, 6.07) is 6.17. The van der Waals surface area contributed by atoms with Crippen LogP contribution in [0.3, 0.4) is 0 Å². The third-order valence-corrected chi connectivity index (χ3v) is 2.29. The van der Waals surface area contributed by atoms with E-state index in [1.54, 1.807) is 0 Å². The molecule has 1 nitrogen and oxygen atoms in total. The van der Waals surface area contributed by atoms with Crippen molar-refractivity contribution in [3.8, 4) is 0 Å². The molecule has 0 heterocycles. The molecule has 0 N–H and O–H groups in total. The monoisotopic (exact) mass is 183 g/mol. The van der Waals surface area contributed by atoms with E-state index in [1.807, 2.05) is 25.1 Å². The second kappa shape index (κ2) is 3.81. The fourth-order valence-electron chi connectivity index (χ4n) is 1.10. The molecule has 0 fully saturated rings. The summed E-state index contributed by atoms with van der Waals surface area (Å²) in [6.07, 6.45) is 0.993. The Bertz CT molecular complexity index is 269. The van der Waals surface area contributed by atoms with Gasteiger partial charge in [-0.3, -0.25) is 0 Å². The Kier molecular flexibility index (Phi) is 2.99. The SMILES string of the molecule is CCc1ccc(N(C)C)cc1Cl. The van der Waals surface area contributed by atoms with E-state index in [4.69, 9.17) is 11.6 Å². The molecule has 0 aromatic heterocycles. The van der Waals surface area contributed by atoms with Crippen molar-refractivity contribution in [2.24, 2.45) is 0 Å². The first-order valence-corrected chi connectivity index (χ1v) is 4.48. The largest absolute Gasteiger partial charge is 0.378 e. The minimum absolute atomic E-state index is 0.865. The van der Waals surface area contributed by atoms with Gasteiger partial charge in [-0.1, -0.05) is 24.6 Å². The Morgan fingerprint density at radius 3 is 2.42 bits per heavy atom. The third kappa shape index (κ3) is 1.92. The molecule has 0 unspecified atom stereocenters. The maximum Gasteiger partial charge on any atom is 0.0458 e. The molecule has 0 aliphatic rings. The van der Waals surface area contributed by atoms with E-state index in [0.717, 1.165) is 17.1 Å². The van der Waals surface area contributed by atoms with Crippen molar-refractivity contribution >= 4 is 17.3 Å². The molecule has 12 heavy (non-hydrogen) atoms. The van der Waals surface area contributed by atoms with Gasteiger partial charge in [0.15, 0.2) is 0 Å². The van der Waals surface area contributed by atoms with E-state index in [2.05, 4.69) is 19.1 Å². The molecule has 0 aliphatic heterocycles. The fourth-order valence-corrected chi connectivity index (χ4v) is 1.41. The smallest absolute Gasteiger partial charge is 0.0458 e. The van der Waals surface area contributed by atoms with Gasteiger partial charge < -0.3 is 4.90 Å². The molecule has 0 atom stereocenters. The van der Waals surface area contributed by atoms with Crippen LogP contribution < -0.4 is 4.90 Å². The van der Waals surface area contributed by atoms with Crippen LogP contribution in [-0.4, -0.2) is 14.1 Å². The summed E-state index contributed by atoms with van der Waals surface area (Å²) >= 11 is 6.05. The maximum absolute atomic E-state index is 6.05. The summed E-state index contributed by atoms with van der Waals surface area (Å²) in [5.41, 5.74) is 2.36. The number of rotatable bonds is 2. The summed E-state index contributed by atoms with van der Waals surface area (Å²) in [6.45, 7) is 2.11. The van der Waals surface area contributed by atoms with Gasteiger partial charge in [0.05, 0.1) is 0 Å². The van der Waals surface area contributed by atoms with E-state index in [-0.39, 0.29) is 0 Å². The first kappa shape index (κ1) is 9.40. The van der Waals surface area contributed by atoms with Gasteiger partial charge in [-0.25, -0.2) is 0 Å². The van der Waals surface area contributed by atoms with Crippen LogP contribution in [0.4, 0.5) is 5.69 Å². The Morgan fingerprint density at radius 2 is 2.00 bits per heavy atom. The lowest BCUT2D eigenvalue weighted by molar-refractivity contribution is 1.11. The summed E-state index contributed by atoms with van der Waals surface area (Å²) in [5.74, 6) is 0. The van der Waals surface area contributed by atoms with Crippen molar-refractivity contribution in [1.82, 2.24) is 0 Å². The minimum Gasteiger partial charge on any atom is -0.378 e. The molecule has 0 bridgehead atoms. The zero-order chi connectivity index (χ0) is 9.14. The van der Waals surface area contributed by atoms with Crippen molar-refractivity contribution in [3.63, 3.8) is 0 Å². The highest BCUT2D eigenvalue weighted by molar-refractivity contribution is 6.31. The van der Waals surface area contributed by atoms with E-state index < -0.39 is 0 Å². The Balaban J connectivity index is 3.02. The van der Waals surface area contributed by atoms with Crippen molar-refractivity contribution in [1.29, 1.82) is 0 Å². The molecule has 0 amide bonds. The summed E-state index contributed by atoms with van der Waals surface area (Å²) in [7, 11) is 4.02. The molecule has 2 heteroatoms. The van der Waals surface area contributed by atoms with Crippen molar-refractivity contribution < 1.29 is 0 Å². The summed E-state index contributed by atoms with van der Waals surface area (Å²) in [4.78, 5) is 2.05. The topological polar surface area (TPSA) is 3.24 Å². The van der Waals surface area contributed by atoms with Gasteiger partial charge in [0, 0.05) is 24.8 Å². The molecule has 1 aromatic rings. The lowest BCUT2D eigenvalue weighted by Gasteiger charge is -2.13. The predicted octanol–water partition coefficient (Wildman–Crippen LogP) is 2.97. The number of hydrogen-bond donors (Lipinski definition) is 0. The molecule has 66 valence electrons.